The molecule has 1 unspecified atom stereocenters. The van der Waals surface area contributed by atoms with Gasteiger partial charge in [0.05, 0.1) is 0 Å². The van der Waals surface area contributed by atoms with Crippen molar-refractivity contribution < 1.29 is 13.2 Å². The summed E-state index contributed by atoms with van der Waals surface area (Å²) in [6.07, 6.45) is 3.93. The van der Waals surface area contributed by atoms with E-state index < -0.39 is 16.1 Å². The highest BCUT2D eigenvalue weighted by Gasteiger charge is 2.26. The Morgan fingerprint density at radius 1 is 1.16 bits per heavy atom. The van der Waals surface area contributed by atoms with Crippen LogP contribution in [0.25, 0.3) is 16.5 Å². The summed E-state index contributed by atoms with van der Waals surface area (Å²) in [7, 11) is -3.88. The second-order valence-electron chi connectivity index (χ2n) is 7.06. The van der Waals surface area contributed by atoms with E-state index in [4.69, 9.17) is 0 Å². The van der Waals surface area contributed by atoms with Gasteiger partial charge in [0.1, 0.15) is 4.24 Å². The van der Waals surface area contributed by atoms with Gasteiger partial charge >= 0.3 is 6.03 Å². The van der Waals surface area contributed by atoms with Crippen molar-refractivity contribution in [3.8, 4) is 5.69 Å². The smallest absolute Gasteiger partial charge is 0.307 e. The molecule has 0 saturated heterocycles. The van der Waals surface area contributed by atoms with E-state index in [2.05, 4.69) is 17.9 Å². The number of nitrogens with zero attached hydrogens (tertiary/aromatic N) is 1. The highest BCUT2D eigenvalue weighted by atomic mass is 32.3. The van der Waals surface area contributed by atoms with Gasteiger partial charge in [-0.3, -0.25) is 9.36 Å². The average molecular weight is 474 g/mol. The molecule has 2 amide bonds. The first kappa shape index (κ1) is 21.5. The number of allylic oxidation sites excluding steroid dienone is 1. The van der Waals surface area contributed by atoms with Gasteiger partial charge in [-0.2, -0.15) is 0 Å². The van der Waals surface area contributed by atoms with Gasteiger partial charge in [-0.1, -0.05) is 19.1 Å². The van der Waals surface area contributed by atoms with Crippen LogP contribution in [0.5, 0.6) is 0 Å². The Hall–Kier alpha value is -2.69. The van der Waals surface area contributed by atoms with Crippen molar-refractivity contribution >= 4 is 56.9 Å². The van der Waals surface area contributed by atoms with E-state index in [1.54, 1.807) is 42.6 Å². The van der Waals surface area contributed by atoms with E-state index in [9.17, 15) is 18.0 Å². The number of hydrogen-bond acceptors (Lipinski definition) is 6. The van der Waals surface area contributed by atoms with Gasteiger partial charge in [0, 0.05) is 33.1 Å². The lowest BCUT2D eigenvalue weighted by Crippen LogP contribution is -2.34. The second kappa shape index (κ2) is 8.45. The fourth-order valence-electron chi connectivity index (χ4n) is 3.19. The molecule has 0 spiro atoms. The number of benzene rings is 2. The number of fused-ring (bicyclic) bond motifs is 1. The molecule has 1 atom stereocenters. The minimum Gasteiger partial charge on any atom is -0.307 e. The van der Waals surface area contributed by atoms with E-state index in [0.29, 0.717) is 28.1 Å². The van der Waals surface area contributed by atoms with Crippen LogP contribution in [-0.2, 0) is 10.0 Å². The van der Waals surface area contributed by atoms with Gasteiger partial charge in [-0.15, -0.1) is 24.4 Å². The molecule has 1 aromatic heterocycles. The number of amides is 2. The molecule has 0 fully saturated rings. The normalized spacial score (nSPS) is 16.2. The molecule has 0 saturated carbocycles. The number of sulfonamides is 1. The van der Waals surface area contributed by atoms with Crippen LogP contribution in [0.15, 0.2) is 74.7 Å². The molecule has 0 bridgehead atoms. The maximum Gasteiger partial charge on any atom is 0.333 e. The third-order valence-electron chi connectivity index (χ3n) is 4.72. The molecule has 4 rings (SSSR count). The number of carbonyl (C=O) groups is 1. The van der Waals surface area contributed by atoms with Crippen molar-refractivity contribution in [3.63, 3.8) is 0 Å². The molecule has 2 heterocycles. The molecule has 1 aliphatic rings. The summed E-state index contributed by atoms with van der Waals surface area (Å²) in [6, 6.07) is 12.9. The van der Waals surface area contributed by atoms with Crippen LogP contribution >= 0.6 is 24.4 Å². The van der Waals surface area contributed by atoms with Crippen molar-refractivity contribution in [1.29, 1.82) is 0 Å². The Labute approximate surface area is 189 Å². The topological polar surface area (TPSA) is 97.3 Å². The van der Waals surface area contributed by atoms with Crippen LogP contribution < -0.4 is 15.6 Å². The first-order chi connectivity index (χ1) is 14.7. The first-order valence-electron chi connectivity index (χ1n) is 9.38. The van der Waals surface area contributed by atoms with Crippen molar-refractivity contribution in [2.45, 2.75) is 23.5 Å². The molecule has 10 heteroatoms. The summed E-state index contributed by atoms with van der Waals surface area (Å²) >= 11 is 5.51. The second-order valence-corrected chi connectivity index (χ2v) is 11.0. The zero-order valence-corrected chi connectivity index (χ0v) is 18.9. The Kier molecular flexibility index (Phi) is 5.87. The molecule has 3 aromatic rings. The predicted molar refractivity (Wildman–Crippen MR) is 128 cm³/mol. The third kappa shape index (κ3) is 4.65. The molecule has 7 nitrogen and oxygen atoms in total. The van der Waals surface area contributed by atoms with E-state index in [1.807, 2.05) is 29.8 Å². The fraction of sp³-hybridized carbons (Fsp3) is 0.143. The van der Waals surface area contributed by atoms with Crippen LogP contribution in [0.2, 0.25) is 0 Å². The van der Waals surface area contributed by atoms with E-state index >= 15 is 0 Å². The number of aromatic nitrogens is 1. The zero-order chi connectivity index (χ0) is 22.2. The zero-order valence-electron chi connectivity index (χ0n) is 16.4. The van der Waals surface area contributed by atoms with Crippen molar-refractivity contribution in [1.82, 2.24) is 9.29 Å². The molecule has 1 aliphatic heterocycles. The minimum absolute atomic E-state index is 0.158. The summed E-state index contributed by atoms with van der Waals surface area (Å²) < 4.78 is 28.2. The van der Waals surface area contributed by atoms with Gasteiger partial charge in [0.25, 0.3) is 15.6 Å². The van der Waals surface area contributed by atoms with E-state index in [-0.39, 0.29) is 15.0 Å². The lowest BCUT2D eigenvalue weighted by Gasteiger charge is -2.11. The molecular formula is C21H19N3O4S3. The Morgan fingerprint density at radius 2 is 1.90 bits per heavy atom. The molecule has 2 aromatic carbocycles. The highest BCUT2D eigenvalue weighted by Crippen LogP contribution is 2.34. The summed E-state index contributed by atoms with van der Waals surface area (Å²) in [5.74, 6) is 0. The largest absolute Gasteiger partial charge is 0.333 e. The maximum atomic E-state index is 12.8. The molecule has 2 N–H and O–H groups in total. The SMILES string of the molecule is CC1CC=C(S(=O)(=O)NC(=O)Nc2ccc(-n3ccc4ccc(S)cc4c3=O)cc2)S1. The molecule has 0 radical (unpaired) electrons. The summed E-state index contributed by atoms with van der Waals surface area (Å²) in [6.45, 7) is 1.92. The number of thioether (sulfide) groups is 1. The van der Waals surface area contributed by atoms with Crippen molar-refractivity contribution in [3.05, 3.63) is 75.4 Å². The first-order valence-corrected chi connectivity index (χ1v) is 12.2. The Bertz CT molecular complexity index is 1360. The lowest BCUT2D eigenvalue weighted by atomic mass is 10.1. The van der Waals surface area contributed by atoms with Gasteiger partial charge < -0.3 is 5.32 Å². The van der Waals surface area contributed by atoms with Gasteiger partial charge in [-0.25, -0.2) is 17.9 Å². The number of pyridine rings is 1. The van der Waals surface area contributed by atoms with Gasteiger partial charge in [-0.05, 0) is 54.3 Å². The molecule has 0 aliphatic carbocycles. The summed E-state index contributed by atoms with van der Waals surface area (Å²) in [5, 5.41) is 4.04. The number of carbonyl (C=O) groups excluding carboxylic acids is 1. The number of nitrogens with one attached hydrogen (secondary N) is 2. The van der Waals surface area contributed by atoms with Crippen LogP contribution in [0.3, 0.4) is 0 Å². The van der Waals surface area contributed by atoms with Crippen LogP contribution in [0.1, 0.15) is 13.3 Å². The molecule has 31 heavy (non-hydrogen) atoms. The van der Waals surface area contributed by atoms with Crippen LogP contribution in [-0.4, -0.2) is 24.3 Å². The van der Waals surface area contributed by atoms with E-state index in [1.165, 1.54) is 16.3 Å². The van der Waals surface area contributed by atoms with Gasteiger partial charge in [0.15, 0.2) is 0 Å². The monoisotopic (exact) mass is 473 g/mol. The standard InChI is InChI=1S/C21H19N3O4S3/c1-13-2-9-19(30-13)31(27,28)23-21(26)22-15-4-6-16(7-5-15)24-11-10-14-3-8-17(29)12-18(14)20(24)25/h3-13,29H,2H2,1H3,(H2,22,23,26). The number of anilines is 1. The Morgan fingerprint density at radius 3 is 2.58 bits per heavy atom. The summed E-state index contributed by atoms with van der Waals surface area (Å²) in [4.78, 5) is 25.7. The third-order valence-corrected chi connectivity index (χ3v) is 8.09. The number of urea groups is 1. The lowest BCUT2D eigenvalue weighted by molar-refractivity contribution is 0.256. The number of rotatable bonds is 4. The van der Waals surface area contributed by atoms with Crippen molar-refractivity contribution in [2.75, 3.05) is 5.32 Å². The highest BCUT2D eigenvalue weighted by molar-refractivity contribution is 8.18. The average Bonchev–Trinajstić information content (AvgIpc) is 3.16. The van der Waals surface area contributed by atoms with Crippen LogP contribution in [0.4, 0.5) is 10.5 Å². The predicted octanol–water partition coefficient (Wildman–Crippen LogP) is 4.10. The quantitative estimate of drug-likeness (QED) is 0.496. The Balaban J connectivity index is 1.50. The maximum absolute atomic E-state index is 12.8. The summed E-state index contributed by atoms with van der Waals surface area (Å²) in [5.41, 5.74) is 0.815. The number of thiol groups is 1. The van der Waals surface area contributed by atoms with Gasteiger partial charge in [0.2, 0.25) is 0 Å². The van der Waals surface area contributed by atoms with E-state index in [0.717, 1.165) is 5.39 Å². The number of hydrogen-bond donors (Lipinski definition) is 3. The minimum atomic E-state index is -3.88. The van der Waals surface area contributed by atoms with Crippen molar-refractivity contribution in [2.24, 2.45) is 0 Å². The molecule has 160 valence electrons. The van der Waals surface area contributed by atoms with Crippen LogP contribution in [0, 0.1) is 0 Å². The molecular weight excluding hydrogens is 454 g/mol. The fourth-order valence-corrected chi connectivity index (χ4v) is 6.02.